The SMILES string of the molecule is C=NN(C(=NC)C(C)C)c1cc(C(=O)O)cc(-c2ccc(C)cc2)c1. The largest absolute Gasteiger partial charge is 0.478 e. The minimum Gasteiger partial charge on any atom is -0.478 e. The van der Waals surface area contributed by atoms with Crippen LogP contribution in [0.2, 0.25) is 0 Å². The number of hydrazone groups is 1. The number of hydrogen-bond donors (Lipinski definition) is 1. The molecule has 0 unspecified atom stereocenters. The van der Waals surface area contributed by atoms with Gasteiger partial charge in [-0.05, 0) is 36.2 Å². The van der Waals surface area contributed by atoms with E-state index in [1.54, 1.807) is 24.2 Å². The summed E-state index contributed by atoms with van der Waals surface area (Å²) in [7, 11) is 1.69. The molecule has 0 aromatic heterocycles. The Labute approximate surface area is 148 Å². The predicted molar refractivity (Wildman–Crippen MR) is 104 cm³/mol. The first kappa shape index (κ1) is 18.4. The predicted octanol–water partition coefficient (Wildman–Crippen LogP) is 4.47. The summed E-state index contributed by atoms with van der Waals surface area (Å²) < 4.78 is 0. The molecule has 1 N–H and O–H groups in total. The number of rotatable bonds is 5. The van der Waals surface area contributed by atoms with Gasteiger partial charge in [0, 0.05) is 19.7 Å². The first-order chi connectivity index (χ1) is 11.9. The average molecular weight is 337 g/mol. The van der Waals surface area contributed by atoms with Crippen LogP contribution in [-0.4, -0.2) is 30.7 Å². The van der Waals surface area contributed by atoms with Crippen molar-refractivity contribution in [2.45, 2.75) is 20.8 Å². The smallest absolute Gasteiger partial charge is 0.335 e. The number of carboxylic acids is 1. The van der Waals surface area contributed by atoms with Crippen LogP contribution in [0.3, 0.4) is 0 Å². The average Bonchev–Trinajstić information content (AvgIpc) is 2.59. The molecule has 0 aliphatic carbocycles. The Bertz CT molecular complexity index is 808. The van der Waals surface area contributed by atoms with Gasteiger partial charge in [-0.3, -0.25) is 4.99 Å². The number of aromatic carboxylic acids is 1. The fourth-order valence-electron chi connectivity index (χ4n) is 2.65. The molecular weight excluding hydrogens is 314 g/mol. The standard InChI is InChI=1S/C20H23N3O2/c1-13(2)19(21-4)23(22-5)18-11-16(10-17(12-18)20(24)25)15-8-6-14(3)7-9-15/h6-13H,5H2,1-4H3,(H,24,25). The zero-order valence-corrected chi connectivity index (χ0v) is 15.0. The van der Waals surface area contributed by atoms with Crippen LogP contribution in [0.15, 0.2) is 52.6 Å². The highest BCUT2D eigenvalue weighted by atomic mass is 16.4. The van der Waals surface area contributed by atoms with Crippen LogP contribution in [-0.2, 0) is 0 Å². The van der Waals surface area contributed by atoms with Gasteiger partial charge >= 0.3 is 5.97 Å². The van der Waals surface area contributed by atoms with Crippen molar-refractivity contribution >= 4 is 24.2 Å². The van der Waals surface area contributed by atoms with Crippen LogP contribution in [0.4, 0.5) is 5.69 Å². The van der Waals surface area contributed by atoms with Crippen molar-refractivity contribution in [2.75, 3.05) is 12.1 Å². The summed E-state index contributed by atoms with van der Waals surface area (Å²) >= 11 is 0. The van der Waals surface area contributed by atoms with Gasteiger partial charge in [-0.1, -0.05) is 43.7 Å². The van der Waals surface area contributed by atoms with Gasteiger partial charge < -0.3 is 5.11 Å². The molecule has 0 aliphatic rings. The lowest BCUT2D eigenvalue weighted by atomic mass is 10.0. The summed E-state index contributed by atoms with van der Waals surface area (Å²) in [5.74, 6) is -0.155. The maximum absolute atomic E-state index is 11.6. The number of aryl methyl sites for hydroxylation is 1. The number of amidine groups is 1. The van der Waals surface area contributed by atoms with Crippen molar-refractivity contribution in [3.63, 3.8) is 0 Å². The highest BCUT2D eigenvalue weighted by Gasteiger charge is 2.18. The highest BCUT2D eigenvalue weighted by Crippen LogP contribution is 2.28. The number of carboxylic acid groups (broad SMARTS) is 1. The zero-order chi connectivity index (χ0) is 18.6. The fourth-order valence-corrected chi connectivity index (χ4v) is 2.65. The van der Waals surface area contributed by atoms with E-state index in [1.807, 2.05) is 51.1 Å². The van der Waals surface area contributed by atoms with E-state index in [-0.39, 0.29) is 11.5 Å². The second kappa shape index (κ2) is 7.75. The summed E-state index contributed by atoms with van der Waals surface area (Å²) in [6, 6.07) is 13.1. The lowest BCUT2D eigenvalue weighted by Crippen LogP contribution is -2.29. The second-order valence-corrected chi connectivity index (χ2v) is 6.13. The van der Waals surface area contributed by atoms with Crippen molar-refractivity contribution in [2.24, 2.45) is 16.0 Å². The van der Waals surface area contributed by atoms with Crippen molar-refractivity contribution < 1.29 is 9.90 Å². The Morgan fingerprint density at radius 3 is 2.24 bits per heavy atom. The van der Waals surface area contributed by atoms with Gasteiger partial charge in [0.15, 0.2) is 0 Å². The molecule has 0 heterocycles. The van der Waals surface area contributed by atoms with Gasteiger partial charge in [-0.25, -0.2) is 9.80 Å². The Morgan fingerprint density at radius 1 is 1.12 bits per heavy atom. The molecule has 130 valence electrons. The van der Waals surface area contributed by atoms with Crippen LogP contribution >= 0.6 is 0 Å². The Balaban J connectivity index is 2.63. The first-order valence-electron chi connectivity index (χ1n) is 8.06. The summed E-state index contributed by atoms with van der Waals surface area (Å²) in [6.07, 6.45) is 0. The van der Waals surface area contributed by atoms with Gasteiger partial charge in [0.25, 0.3) is 0 Å². The second-order valence-electron chi connectivity index (χ2n) is 6.13. The summed E-state index contributed by atoms with van der Waals surface area (Å²) in [4.78, 5) is 15.9. The molecular formula is C20H23N3O2. The summed E-state index contributed by atoms with van der Waals surface area (Å²) in [5, 5.41) is 15.1. The van der Waals surface area contributed by atoms with Gasteiger partial charge in [-0.2, -0.15) is 5.10 Å². The molecule has 0 spiro atoms. The maximum Gasteiger partial charge on any atom is 0.335 e. The number of benzene rings is 2. The van der Waals surface area contributed by atoms with E-state index in [0.717, 1.165) is 16.7 Å². The summed E-state index contributed by atoms with van der Waals surface area (Å²) in [5.41, 5.74) is 3.72. The van der Waals surface area contributed by atoms with Crippen molar-refractivity contribution in [1.82, 2.24) is 0 Å². The molecule has 0 fully saturated rings. The first-order valence-corrected chi connectivity index (χ1v) is 8.06. The van der Waals surface area contributed by atoms with E-state index in [2.05, 4.69) is 16.8 Å². The number of hydrogen-bond acceptors (Lipinski definition) is 3. The number of anilines is 1. The molecule has 25 heavy (non-hydrogen) atoms. The molecule has 0 bridgehead atoms. The van der Waals surface area contributed by atoms with E-state index >= 15 is 0 Å². The molecule has 0 atom stereocenters. The van der Waals surface area contributed by atoms with E-state index in [1.165, 1.54) is 0 Å². The third kappa shape index (κ3) is 4.12. The van der Waals surface area contributed by atoms with Crippen LogP contribution in [0, 0.1) is 12.8 Å². The molecule has 2 aromatic rings. The van der Waals surface area contributed by atoms with E-state index < -0.39 is 5.97 Å². The van der Waals surface area contributed by atoms with Crippen molar-refractivity contribution in [3.8, 4) is 11.1 Å². The van der Waals surface area contributed by atoms with Gasteiger partial charge in [0.1, 0.15) is 5.84 Å². The highest BCUT2D eigenvalue weighted by molar-refractivity contribution is 6.01. The van der Waals surface area contributed by atoms with Gasteiger partial charge in [-0.15, -0.1) is 0 Å². The molecule has 0 amide bonds. The van der Waals surface area contributed by atoms with Gasteiger partial charge in [0.05, 0.1) is 11.3 Å². The van der Waals surface area contributed by atoms with Crippen molar-refractivity contribution in [1.29, 1.82) is 0 Å². The lowest BCUT2D eigenvalue weighted by molar-refractivity contribution is 0.0697. The van der Waals surface area contributed by atoms with Crippen LogP contribution in [0.1, 0.15) is 29.8 Å². The molecule has 0 saturated heterocycles. The molecule has 0 aliphatic heterocycles. The van der Waals surface area contributed by atoms with Gasteiger partial charge in [0.2, 0.25) is 0 Å². The van der Waals surface area contributed by atoms with Crippen LogP contribution in [0.5, 0.6) is 0 Å². The third-order valence-electron chi connectivity index (χ3n) is 3.90. The maximum atomic E-state index is 11.6. The molecule has 0 radical (unpaired) electrons. The topological polar surface area (TPSA) is 65.3 Å². The van der Waals surface area contributed by atoms with E-state index in [4.69, 9.17) is 0 Å². The molecule has 2 aromatic carbocycles. The number of nitrogens with zero attached hydrogens (tertiary/aromatic N) is 3. The normalized spacial score (nSPS) is 11.5. The van der Waals surface area contributed by atoms with Crippen LogP contribution in [0.25, 0.3) is 11.1 Å². The quantitative estimate of drug-likeness (QED) is 0.497. The molecule has 0 saturated carbocycles. The molecule has 5 nitrogen and oxygen atoms in total. The van der Waals surface area contributed by atoms with Crippen LogP contribution < -0.4 is 5.01 Å². The van der Waals surface area contributed by atoms with Crippen molar-refractivity contribution in [3.05, 3.63) is 53.6 Å². The molecule has 5 heteroatoms. The minimum absolute atomic E-state index is 0.117. The summed E-state index contributed by atoms with van der Waals surface area (Å²) in [6.45, 7) is 9.64. The monoisotopic (exact) mass is 337 g/mol. The molecule has 2 rings (SSSR count). The fraction of sp³-hybridized carbons (Fsp3) is 0.250. The number of carbonyl (C=O) groups is 1. The Kier molecular flexibility index (Phi) is 5.70. The van der Waals surface area contributed by atoms with E-state index in [9.17, 15) is 9.90 Å². The Morgan fingerprint density at radius 2 is 1.76 bits per heavy atom. The van der Waals surface area contributed by atoms with E-state index in [0.29, 0.717) is 11.5 Å². The lowest BCUT2D eigenvalue weighted by Gasteiger charge is -2.24. The third-order valence-corrected chi connectivity index (χ3v) is 3.90. The zero-order valence-electron chi connectivity index (χ0n) is 15.0. The minimum atomic E-state index is -0.987. The number of aliphatic imine (C=N–C) groups is 1. The Hall–Kier alpha value is -2.95.